The Kier molecular flexibility index (Phi) is 15.1. The second-order valence-electron chi connectivity index (χ2n) is 9.76. The average molecular weight is 530 g/mol. The summed E-state index contributed by atoms with van der Waals surface area (Å²) in [5.74, 6) is -4.51. The molecule has 0 rings (SSSR count). The largest absolute Gasteiger partial charge is 0.481 e. The summed E-state index contributed by atoms with van der Waals surface area (Å²) in [4.78, 5) is 71.8. The number of amides is 5. The Hall–Kier alpha value is -3.22. The molecule has 0 aromatic rings. The molecular formula is C24H43N5O8. The van der Waals surface area contributed by atoms with E-state index in [1.165, 1.54) is 13.8 Å². The zero-order chi connectivity index (χ0) is 28.9. The molecule has 0 radical (unpaired) electrons. The number of nitrogens with two attached hydrogens (primary N) is 1. The Morgan fingerprint density at radius 2 is 1.49 bits per heavy atom. The molecule has 0 fully saturated rings. The summed E-state index contributed by atoms with van der Waals surface area (Å²) >= 11 is 0. The smallest absolute Gasteiger partial charge is 0.303 e. The van der Waals surface area contributed by atoms with Gasteiger partial charge < -0.3 is 37.2 Å². The molecular weight excluding hydrogens is 486 g/mol. The first-order chi connectivity index (χ1) is 17.1. The highest BCUT2D eigenvalue weighted by Crippen LogP contribution is 2.13. The van der Waals surface area contributed by atoms with Crippen molar-refractivity contribution < 1.29 is 39.0 Å². The zero-order valence-electron chi connectivity index (χ0n) is 22.5. The van der Waals surface area contributed by atoms with Gasteiger partial charge in [0.25, 0.3) is 0 Å². The van der Waals surface area contributed by atoms with Crippen molar-refractivity contribution in [2.24, 2.45) is 17.6 Å². The molecule has 0 saturated heterocycles. The van der Waals surface area contributed by atoms with Crippen molar-refractivity contribution in [3.05, 3.63) is 0 Å². The van der Waals surface area contributed by atoms with Crippen molar-refractivity contribution >= 4 is 35.5 Å². The first-order valence-electron chi connectivity index (χ1n) is 12.4. The number of nitrogens with one attached hydrogen (secondary N) is 4. The lowest BCUT2D eigenvalue weighted by molar-refractivity contribution is -0.138. The minimum Gasteiger partial charge on any atom is -0.481 e. The van der Waals surface area contributed by atoms with E-state index in [-0.39, 0.29) is 24.7 Å². The molecule has 0 spiro atoms. The van der Waals surface area contributed by atoms with Gasteiger partial charge in [0, 0.05) is 13.3 Å². The molecule has 13 heteroatoms. The fraction of sp³-hybridized carbons (Fsp3) is 0.750. The van der Waals surface area contributed by atoms with Crippen LogP contribution in [0.5, 0.6) is 0 Å². The van der Waals surface area contributed by atoms with Gasteiger partial charge in [0.05, 0.1) is 18.6 Å². The normalized spacial score (nSPS) is 15.9. The van der Waals surface area contributed by atoms with Crippen LogP contribution >= 0.6 is 0 Å². The van der Waals surface area contributed by atoms with Crippen LogP contribution < -0.4 is 27.0 Å². The molecule has 0 aliphatic heterocycles. The molecule has 0 aromatic heterocycles. The van der Waals surface area contributed by atoms with Gasteiger partial charge in [-0.25, -0.2) is 0 Å². The zero-order valence-corrected chi connectivity index (χ0v) is 22.5. The third-order valence-electron chi connectivity index (χ3n) is 5.84. The molecule has 212 valence electrons. The third kappa shape index (κ3) is 13.6. The van der Waals surface area contributed by atoms with E-state index in [9.17, 15) is 33.9 Å². The molecule has 0 saturated carbocycles. The van der Waals surface area contributed by atoms with Crippen molar-refractivity contribution in [1.29, 1.82) is 0 Å². The van der Waals surface area contributed by atoms with E-state index in [1.807, 2.05) is 20.8 Å². The molecule has 6 atom stereocenters. The Balaban J connectivity index is 5.28. The van der Waals surface area contributed by atoms with Crippen LogP contribution in [0.25, 0.3) is 0 Å². The summed E-state index contributed by atoms with van der Waals surface area (Å²) in [5.41, 5.74) is 5.38. The van der Waals surface area contributed by atoms with Gasteiger partial charge in [-0.05, 0) is 31.6 Å². The van der Waals surface area contributed by atoms with Gasteiger partial charge in [-0.15, -0.1) is 0 Å². The van der Waals surface area contributed by atoms with Crippen molar-refractivity contribution in [3.63, 3.8) is 0 Å². The fourth-order valence-corrected chi connectivity index (χ4v) is 3.58. The van der Waals surface area contributed by atoms with Gasteiger partial charge in [-0.3, -0.25) is 28.8 Å². The summed E-state index contributed by atoms with van der Waals surface area (Å²) in [6, 6.07) is -3.97. The van der Waals surface area contributed by atoms with Crippen LogP contribution in [0.3, 0.4) is 0 Å². The highest BCUT2D eigenvalue weighted by atomic mass is 16.4. The molecule has 0 aromatic carbocycles. The van der Waals surface area contributed by atoms with Crippen LogP contribution in [0.4, 0.5) is 0 Å². The van der Waals surface area contributed by atoms with E-state index in [4.69, 9.17) is 10.8 Å². The number of aliphatic carboxylic acids is 1. The van der Waals surface area contributed by atoms with E-state index in [0.717, 1.165) is 0 Å². The van der Waals surface area contributed by atoms with E-state index in [2.05, 4.69) is 21.3 Å². The highest BCUT2D eigenvalue weighted by molar-refractivity contribution is 5.92. The van der Waals surface area contributed by atoms with Crippen molar-refractivity contribution in [2.75, 3.05) is 0 Å². The van der Waals surface area contributed by atoms with Crippen LogP contribution in [-0.4, -0.2) is 76.0 Å². The Morgan fingerprint density at radius 3 is 1.95 bits per heavy atom. The van der Waals surface area contributed by atoms with Crippen LogP contribution in [0, 0.1) is 11.8 Å². The topological polar surface area (TPSA) is 217 Å². The lowest BCUT2D eigenvalue weighted by Gasteiger charge is -2.28. The van der Waals surface area contributed by atoms with E-state index in [0.29, 0.717) is 12.8 Å². The number of hydrogen-bond acceptors (Lipinski definition) is 7. The number of carbonyl (C=O) groups is 6. The van der Waals surface area contributed by atoms with Gasteiger partial charge in [-0.2, -0.15) is 0 Å². The van der Waals surface area contributed by atoms with Crippen molar-refractivity contribution in [1.82, 2.24) is 21.3 Å². The SMILES string of the molecule is CC[C@H](C)[C@H](NC(=O)C[C@H](O)[C@H](CC(C)C)NC(=O)[C@H](C)NC(=O)[C@H](CCC(=O)O)NC(C)=O)C(N)=O. The number of rotatable bonds is 17. The molecule has 13 nitrogen and oxygen atoms in total. The second-order valence-corrected chi connectivity index (χ2v) is 9.76. The molecule has 37 heavy (non-hydrogen) atoms. The average Bonchev–Trinajstić information content (AvgIpc) is 2.77. The monoisotopic (exact) mass is 529 g/mol. The summed E-state index contributed by atoms with van der Waals surface area (Å²) in [6.07, 6.45) is -1.29. The number of carboxylic acid groups (broad SMARTS) is 1. The number of hydrogen-bond donors (Lipinski definition) is 7. The number of carbonyl (C=O) groups excluding carboxylic acids is 5. The standard InChI is InChI=1S/C24H43N5O8/c1-7-13(4)21(22(25)35)29-19(32)11-18(31)17(10-12(2)3)28-23(36)14(5)26-24(37)16(27-15(6)30)8-9-20(33)34/h12-14,16-18,21,31H,7-11H2,1-6H3,(H2,25,35)(H,26,37)(H,27,30)(H,28,36)(H,29,32)(H,33,34)/t13-,14-,16-,17-,18-,21-/m0/s1. The molecule has 0 heterocycles. The summed E-state index contributed by atoms with van der Waals surface area (Å²) in [6.45, 7) is 9.92. The first-order valence-corrected chi connectivity index (χ1v) is 12.4. The number of aliphatic hydroxyl groups excluding tert-OH is 1. The summed E-state index contributed by atoms with van der Waals surface area (Å²) < 4.78 is 0. The summed E-state index contributed by atoms with van der Waals surface area (Å²) in [7, 11) is 0. The molecule has 0 bridgehead atoms. The molecule has 0 aliphatic carbocycles. The summed E-state index contributed by atoms with van der Waals surface area (Å²) in [5, 5.41) is 29.6. The second kappa shape index (κ2) is 16.5. The highest BCUT2D eigenvalue weighted by Gasteiger charge is 2.30. The first kappa shape index (κ1) is 33.8. The number of carboxylic acids is 1. The van der Waals surface area contributed by atoms with E-state index < -0.39 is 72.2 Å². The molecule has 8 N–H and O–H groups in total. The van der Waals surface area contributed by atoms with Gasteiger partial charge in [0.1, 0.15) is 18.1 Å². The van der Waals surface area contributed by atoms with Crippen LogP contribution in [-0.2, 0) is 28.8 Å². The minimum atomic E-state index is -1.29. The fourth-order valence-electron chi connectivity index (χ4n) is 3.58. The van der Waals surface area contributed by atoms with E-state index >= 15 is 0 Å². The number of aliphatic hydroxyl groups is 1. The Morgan fingerprint density at radius 1 is 0.892 bits per heavy atom. The Bertz CT molecular complexity index is 819. The van der Waals surface area contributed by atoms with E-state index in [1.54, 1.807) is 6.92 Å². The molecule has 0 unspecified atom stereocenters. The Labute approximate surface area is 217 Å². The van der Waals surface area contributed by atoms with Crippen molar-refractivity contribution in [3.8, 4) is 0 Å². The minimum absolute atomic E-state index is 0.0338. The third-order valence-corrected chi connectivity index (χ3v) is 5.84. The van der Waals surface area contributed by atoms with Crippen LogP contribution in [0.15, 0.2) is 0 Å². The maximum atomic E-state index is 12.8. The number of primary amides is 1. The predicted octanol–water partition coefficient (Wildman–Crippen LogP) is -0.841. The molecule has 0 aliphatic rings. The maximum Gasteiger partial charge on any atom is 0.303 e. The van der Waals surface area contributed by atoms with Gasteiger partial charge >= 0.3 is 5.97 Å². The van der Waals surface area contributed by atoms with Gasteiger partial charge in [0.2, 0.25) is 29.5 Å². The lowest BCUT2D eigenvalue weighted by atomic mass is 9.95. The van der Waals surface area contributed by atoms with Gasteiger partial charge in [0.15, 0.2) is 0 Å². The van der Waals surface area contributed by atoms with Crippen LogP contribution in [0.1, 0.15) is 73.6 Å². The van der Waals surface area contributed by atoms with Crippen LogP contribution in [0.2, 0.25) is 0 Å². The molecule has 5 amide bonds. The quantitative estimate of drug-likeness (QED) is 0.126. The maximum absolute atomic E-state index is 12.8. The van der Waals surface area contributed by atoms with Gasteiger partial charge in [-0.1, -0.05) is 34.1 Å². The predicted molar refractivity (Wildman–Crippen MR) is 135 cm³/mol. The van der Waals surface area contributed by atoms with Crippen molar-refractivity contribution in [2.45, 2.75) is 104 Å². The lowest BCUT2D eigenvalue weighted by Crippen LogP contribution is -2.56.